The zero-order valence-corrected chi connectivity index (χ0v) is 16.2. The van der Waals surface area contributed by atoms with Crippen molar-refractivity contribution in [3.05, 3.63) is 37.0 Å². The van der Waals surface area contributed by atoms with Crippen molar-refractivity contribution >= 4 is 17.7 Å². The van der Waals surface area contributed by atoms with E-state index in [1.165, 1.54) is 6.08 Å². The van der Waals surface area contributed by atoms with Crippen LogP contribution in [0.3, 0.4) is 0 Å². The third-order valence-corrected chi connectivity index (χ3v) is 2.64. The predicted octanol–water partition coefficient (Wildman–Crippen LogP) is 2.62. The first-order valence-electron chi connectivity index (χ1n) is 8.43. The zero-order valence-electron chi connectivity index (χ0n) is 16.2. The molecule has 6 nitrogen and oxygen atoms in total. The summed E-state index contributed by atoms with van der Waals surface area (Å²) >= 11 is 0. The summed E-state index contributed by atoms with van der Waals surface area (Å²) in [5.74, 6) is -0.549. The third kappa shape index (κ3) is 26.8. The van der Waals surface area contributed by atoms with Crippen LogP contribution in [-0.2, 0) is 14.4 Å². The SMILES string of the molecule is C=C(C)C(=O)NCCCC.C=C(C)C(N)=O.C=CC(=O)NCCCC. The Kier molecular flexibility index (Phi) is 21.6. The number of hydrogen-bond acceptors (Lipinski definition) is 3. The number of rotatable bonds is 9. The average Bonchev–Trinajstić information content (AvgIpc) is 2.56. The van der Waals surface area contributed by atoms with E-state index in [2.05, 4.69) is 44.2 Å². The lowest BCUT2D eigenvalue weighted by atomic mass is 10.3. The maximum atomic E-state index is 10.8. The summed E-state index contributed by atoms with van der Waals surface area (Å²) < 4.78 is 0. The van der Waals surface area contributed by atoms with Gasteiger partial charge in [0.15, 0.2) is 0 Å². The van der Waals surface area contributed by atoms with Gasteiger partial charge in [0.1, 0.15) is 0 Å². The van der Waals surface area contributed by atoms with Gasteiger partial charge in [0.25, 0.3) is 0 Å². The van der Waals surface area contributed by atoms with E-state index in [-0.39, 0.29) is 11.8 Å². The zero-order chi connectivity index (χ0) is 20.3. The van der Waals surface area contributed by atoms with E-state index in [0.29, 0.717) is 11.1 Å². The van der Waals surface area contributed by atoms with E-state index < -0.39 is 5.91 Å². The van der Waals surface area contributed by atoms with Crippen molar-refractivity contribution < 1.29 is 14.4 Å². The molecule has 0 aliphatic carbocycles. The highest BCUT2D eigenvalue weighted by Gasteiger charge is 1.97. The molecule has 0 saturated carbocycles. The Morgan fingerprint density at radius 3 is 1.60 bits per heavy atom. The second kappa shape index (κ2) is 19.7. The maximum absolute atomic E-state index is 10.8. The highest BCUT2D eigenvalue weighted by Crippen LogP contribution is 1.87. The van der Waals surface area contributed by atoms with Gasteiger partial charge in [-0.25, -0.2) is 0 Å². The molecule has 25 heavy (non-hydrogen) atoms. The second-order valence-corrected chi connectivity index (χ2v) is 5.38. The van der Waals surface area contributed by atoms with Crippen molar-refractivity contribution in [1.82, 2.24) is 10.6 Å². The van der Waals surface area contributed by atoms with Crippen molar-refractivity contribution in [2.45, 2.75) is 53.4 Å². The van der Waals surface area contributed by atoms with Crippen LogP contribution >= 0.6 is 0 Å². The molecule has 0 aliphatic heterocycles. The molecular formula is C19H35N3O3. The van der Waals surface area contributed by atoms with Crippen LogP contribution in [0.15, 0.2) is 37.0 Å². The van der Waals surface area contributed by atoms with Gasteiger partial charge in [0.05, 0.1) is 0 Å². The van der Waals surface area contributed by atoms with Gasteiger partial charge >= 0.3 is 0 Å². The van der Waals surface area contributed by atoms with E-state index in [1.54, 1.807) is 13.8 Å². The average molecular weight is 354 g/mol. The van der Waals surface area contributed by atoms with E-state index in [4.69, 9.17) is 5.73 Å². The van der Waals surface area contributed by atoms with Crippen LogP contribution in [0, 0.1) is 0 Å². The minimum Gasteiger partial charge on any atom is -0.366 e. The maximum Gasteiger partial charge on any atom is 0.246 e. The van der Waals surface area contributed by atoms with Gasteiger partial charge < -0.3 is 16.4 Å². The number of amides is 3. The summed E-state index contributed by atoms with van der Waals surface area (Å²) in [5.41, 5.74) is 5.67. The highest BCUT2D eigenvalue weighted by atomic mass is 16.2. The first-order valence-corrected chi connectivity index (χ1v) is 8.43. The van der Waals surface area contributed by atoms with Crippen LogP contribution in [0.1, 0.15) is 53.4 Å². The Balaban J connectivity index is -0.000000300. The molecule has 0 atom stereocenters. The Labute approximate surface area is 152 Å². The molecule has 0 rings (SSSR count). The first-order chi connectivity index (χ1) is 11.6. The molecule has 4 N–H and O–H groups in total. The van der Waals surface area contributed by atoms with Crippen LogP contribution in [0.25, 0.3) is 0 Å². The van der Waals surface area contributed by atoms with Gasteiger partial charge in [0, 0.05) is 24.2 Å². The molecule has 0 aromatic carbocycles. The topological polar surface area (TPSA) is 101 Å². The lowest BCUT2D eigenvalue weighted by molar-refractivity contribution is -0.117. The molecule has 6 heteroatoms. The van der Waals surface area contributed by atoms with E-state index >= 15 is 0 Å². The summed E-state index contributed by atoms with van der Waals surface area (Å²) in [6, 6.07) is 0. The van der Waals surface area contributed by atoms with E-state index in [9.17, 15) is 14.4 Å². The van der Waals surface area contributed by atoms with Gasteiger partial charge in [-0.3, -0.25) is 14.4 Å². The Morgan fingerprint density at radius 2 is 1.32 bits per heavy atom. The number of carbonyl (C=O) groups excluding carboxylic acids is 3. The summed E-state index contributed by atoms with van der Waals surface area (Å²) in [4.78, 5) is 31.1. The summed E-state index contributed by atoms with van der Waals surface area (Å²) in [6.45, 7) is 19.1. The molecular weight excluding hydrogens is 318 g/mol. The minimum absolute atomic E-state index is 0.0338. The normalized spacial score (nSPS) is 8.48. The van der Waals surface area contributed by atoms with Gasteiger partial charge in [0.2, 0.25) is 17.7 Å². The summed E-state index contributed by atoms with van der Waals surface area (Å²) in [7, 11) is 0. The third-order valence-electron chi connectivity index (χ3n) is 2.64. The molecule has 0 unspecified atom stereocenters. The van der Waals surface area contributed by atoms with Crippen molar-refractivity contribution in [3.63, 3.8) is 0 Å². The molecule has 3 amide bonds. The lowest BCUT2D eigenvalue weighted by Crippen LogP contribution is -2.24. The Morgan fingerprint density at radius 1 is 0.920 bits per heavy atom. The largest absolute Gasteiger partial charge is 0.366 e. The number of nitrogens with two attached hydrogens (primary N) is 1. The van der Waals surface area contributed by atoms with E-state index in [1.807, 2.05) is 0 Å². The van der Waals surface area contributed by atoms with Crippen LogP contribution in [-0.4, -0.2) is 30.8 Å². The molecule has 144 valence electrons. The van der Waals surface area contributed by atoms with Gasteiger partial charge in [-0.15, -0.1) is 0 Å². The van der Waals surface area contributed by atoms with Crippen LogP contribution in [0.5, 0.6) is 0 Å². The standard InChI is InChI=1S/C8H15NO.C7H13NO.C4H7NO/c1-4-5-6-9-8(10)7(2)3;1-3-5-6-8-7(9)4-2;1-3(2)4(5)6/h2,4-6H2,1,3H3,(H,9,10);4H,2-3,5-6H2,1H3,(H,8,9);1H2,2H3,(H2,5,6). The number of unbranched alkanes of at least 4 members (excludes halogenated alkanes) is 2. The molecule has 0 bridgehead atoms. The monoisotopic (exact) mass is 353 g/mol. The smallest absolute Gasteiger partial charge is 0.246 e. The summed E-state index contributed by atoms with van der Waals surface area (Å²) in [5, 5.41) is 5.42. The molecule has 0 saturated heterocycles. The molecule has 0 heterocycles. The Bertz CT molecular complexity index is 431. The molecule has 0 fully saturated rings. The van der Waals surface area contributed by atoms with Crippen molar-refractivity contribution in [2.75, 3.05) is 13.1 Å². The number of hydrogen-bond donors (Lipinski definition) is 3. The van der Waals surface area contributed by atoms with E-state index in [0.717, 1.165) is 38.8 Å². The molecule has 0 spiro atoms. The van der Waals surface area contributed by atoms with Crippen molar-refractivity contribution in [3.8, 4) is 0 Å². The number of primary amides is 1. The second-order valence-electron chi connectivity index (χ2n) is 5.38. The number of nitrogens with one attached hydrogen (secondary N) is 2. The molecule has 0 aromatic heterocycles. The first kappa shape index (κ1) is 27.5. The van der Waals surface area contributed by atoms with Crippen molar-refractivity contribution in [1.29, 1.82) is 0 Å². The highest BCUT2D eigenvalue weighted by molar-refractivity contribution is 5.92. The molecule has 0 radical (unpaired) electrons. The fourth-order valence-electron chi connectivity index (χ4n) is 0.990. The Hall–Kier alpha value is -2.37. The quantitative estimate of drug-likeness (QED) is 0.438. The minimum atomic E-state index is -0.435. The fraction of sp³-hybridized carbons (Fsp3) is 0.526. The van der Waals surface area contributed by atoms with Crippen LogP contribution in [0.4, 0.5) is 0 Å². The predicted molar refractivity (Wildman–Crippen MR) is 105 cm³/mol. The van der Waals surface area contributed by atoms with Crippen LogP contribution < -0.4 is 16.4 Å². The van der Waals surface area contributed by atoms with Gasteiger partial charge in [-0.05, 0) is 32.8 Å². The number of carbonyl (C=O) groups is 3. The summed E-state index contributed by atoms with van der Waals surface area (Å²) in [6.07, 6.45) is 5.59. The fourth-order valence-corrected chi connectivity index (χ4v) is 0.990. The van der Waals surface area contributed by atoms with Crippen LogP contribution in [0.2, 0.25) is 0 Å². The lowest BCUT2D eigenvalue weighted by Gasteiger charge is -2.01. The van der Waals surface area contributed by atoms with Gasteiger partial charge in [-0.2, -0.15) is 0 Å². The molecule has 0 aliphatic rings. The van der Waals surface area contributed by atoms with Crippen molar-refractivity contribution in [2.24, 2.45) is 5.73 Å². The molecule has 0 aromatic rings. The van der Waals surface area contributed by atoms with Gasteiger partial charge in [-0.1, -0.05) is 46.4 Å².